The molecule has 1 aliphatic heterocycles. The third kappa shape index (κ3) is 4.70. The summed E-state index contributed by atoms with van der Waals surface area (Å²) in [6.45, 7) is 4.65. The zero-order valence-corrected chi connectivity index (χ0v) is 19.2. The monoisotopic (exact) mass is 465 g/mol. The number of benzene rings is 2. The molecule has 1 aromatic heterocycles. The molecule has 6 N–H and O–H groups in total. The van der Waals surface area contributed by atoms with Crippen molar-refractivity contribution in [2.45, 2.75) is 13.0 Å². The number of nitrogens with one attached hydrogen (secondary N) is 2. The van der Waals surface area contributed by atoms with E-state index in [4.69, 9.17) is 11.5 Å². The second kappa shape index (κ2) is 8.86. The summed E-state index contributed by atoms with van der Waals surface area (Å²) in [5.41, 5.74) is 18.9. The van der Waals surface area contributed by atoms with Gasteiger partial charge in [-0.2, -0.15) is 4.31 Å². The molecule has 1 amide bonds. The van der Waals surface area contributed by atoms with Crippen LogP contribution < -0.4 is 16.8 Å². The number of nitrogens with two attached hydrogens (primary N) is 2. The molecule has 9 heteroatoms. The Balaban J connectivity index is 1.79. The van der Waals surface area contributed by atoms with Crippen molar-refractivity contribution in [1.82, 2.24) is 9.29 Å². The van der Waals surface area contributed by atoms with Crippen molar-refractivity contribution in [3.8, 4) is 11.1 Å². The van der Waals surface area contributed by atoms with Crippen molar-refractivity contribution in [3.05, 3.63) is 66.4 Å². The number of fused-ring (bicyclic) bond motifs is 1. The molecule has 8 nitrogen and oxygen atoms in total. The SMILES string of the molecule is C=CC(=O)Nc1cc(N)cc(-c2ccc(CN)c3[nH]c(C4=CCN(S(C)(=O)=O)CC4)cc23)c1. The van der Waals surface area contributed by atoms with Crippen LogP contribution >= 0.6 is 0 Å². The Morgan fingerprint density at radius 3 is 2.70 bits per heavy atom. The smallest absolute Gasteiger partial charge is 0.247 e. The second-order valence-electron chi connectivity index (χ2n) is 8.09. The van der Waals surface area contributed by atoms with Crippen LogP contribution in [0.25, 0.3) is 27.6 Å². The van der Waals surface area contributed by atoms with Crippen molar-refractivity contribution in [2.75, 3.05) is 30.4 Å². The molecule has 3 aromatic rings. The number of aromatic amines is 1. The summed E-state index contributed by atoms with van der Waals surface area (Å²) in [6, 6.07) is 11.5. The zero-order chi connectivity index (χ0) is 23.8. The van der Waals surface area contributed by atoms with Crippen molar-refractivity contribution in [2.24, 2.45) is 5.73 Å². The third-order valence-electron chi connectivity index (χ3n) is 5.81. The molecule has 0 saturated heterocycles. The fourth-order valence-corrected chi connectivity index (χ4v) is 4.91. The molecule has 4 rings (SSSR count). The van der Waals surface area contributed by atoms with E-state index >= 15 is 0 Å². The highest BCUT2D eigenvalue weighted by Crippen LogP contribution is 2.36. The van der Waals surface area contributed by atoms with Gasteiger partial charge in [0.1, 0.15) is 0 Å². The maximum Gasteiger partial charge on any atom is 0.247 e. The molecule has 0 fully saturated rings. The number of amides is 1. The van der Waals surface area contributed by atoms with Crippen molar-refractivity contribution in [3.63, 3.8) is 0 Å². The van der Waals surface area contributed by atoms with Gasteiger partial charge in [0.2, 0.25) is 15.9 Å². The van der Waals surface area contributed by atoms with E-state index in [0.717, 1.165) is 38.9 Å². The first-order valence-corrected chi connectivity index (χ1v) is 12.4. The van der Waals surface area contributed by atoms with E-state index < -0.39 is 10.0 Å². The number of carbonyl (C=O) groups excluding carboxylic acids is 1. The van der Waals surface area contributed by atoms with Gasteiger partial charge in [-0.05, 0) is 59.0 Å². The molecule has 2 heterocycles. The minimum absolute atomic E-state index is 0.313. The van der Waals surface area contributed by atoms with Crippen LogP contribution in [-0.2, 0) is 21.4 Å². The predicted molar refractivity (Wildman–Crippen MR) is 134 cm³/mol. The molecule has 0 saturated carbocycles. The molecule has 0 unspecified atom stereocenters. The summed E-state index contributed by atoms with van der Waals surface area (Å²) < 4.78 is 25.1. The molecule has 0 spiro atoms. The fraction of sp³-hybridized carbons (Fsp3) is 0.208. The van der Waals surface area contributed by atoms with Crippen molar-refractivity contribution in [1.29, 1.82) is 0 Å². The molecule has 1 aliphatic rings. The maximum atomic E-state index is 11.8. The standard InChI is InChI=1S/C24H27N5O3S/c1-3-23(30)27-19-11-17(10-18(26)12-19)20-5-4-16(14-25)24-21(20)13-22(28-24)15-6-8-29(9-7-15)33(2,31)32/h3-6,10-13,28H,1,7-9,14,25-26H2,2H3,(H,27,30). The highest BCUT2D eigenvalue weighted by molar-refractivity contribution is 7.88. The Labute approximate surface area is 193 Å². The van der Waals surface area contributed by atoms with Gasteiger partial charge >= 0.3 is 0 Å². The van der Waals surface area contributed by atoms with E-state index in [9.17, 15) is 13.2 Å². The van der Waals surface area contributed by atoms with Crippen LogP contribution in [0.15, 0.2) is 55.1 Å². The molecule has 2 aromatic carbocycles. The van der Waals surface area contributed by atoms with Gasteiger partial charge in [-0.3, -0.25) is 4.79 Å². The Morgan fingerprint density at radius 1 is 1.27 bits per heavy atom. The first-order chi connectivity index (χ1) is 15.7. The number of carbonyl (C=O) groups is 1. The maximum absolute atomic E-state index is 11.8. The van der Waals surface area contributed by atoms with Crippen LogP contribution in [0.5, 0.6) is 0 Å². The van der Waals surface area contributed by atoms with E-state index in [1.54, 1.807) is 6.07 Å². The van der Waals surface area contributed by atoms with Crippen molar-refractivity contribution >= 4 is 43.8 Å². The van der Waals surface area contributed by atoms with Gasteiger partial charge in [-0.15, -0.1) is 0 Å². The number of rotatable bonds is 6. The highest BCUT2D eigenvalue weighted by Gasteiger charge is 2.22. The minimum atomic E-state index is -3.21. The molecule has 33 heavy (non-hydrogen) atoms. The molecular weight excluding hydrogens is 438 g/mol. The molecule has 0 bridgehead atoms. The van der Waals surface area contributed by atoms with E-state index in [1.807, 2.05) is 30.3 Å². The van der Waals surface area contributed by atoms with Crippen molar-refractivity contribution < 1.29 is 13.2 Å². The molecule has 0 radical (unpaired) electrons. The normalized spacial score (nSPS) is 14.8. The van der Waals surface area contributed by atoms with E-state index in [-0.39, 0.29) is 5.91 Å². The number of hydrogen-bond donors (Lipinski definition) is 4. The van der Waals surface area contributed by atoms with E-state index in [1.165, 1.54) is 16.6 Å². The summed E-state index contributed by atoms with van der Waals surface area (Å²) in [7, 11) is -3.21. The van der Waals surface area contributed by atoms with Gasteiger partial charge in [0.05, 0.1) is 11.8 Å². The number of nitrogens with zero attached hydrogens (tertiary/aromatic N) is 1. The third-order valence-corrected chi connectivity index (χ3v) is 7.08. The lowest BCUT2D eigenvalue weighted by atomic mass is 9.97. The first-order valence-electron chi connectivity index (χ1n) is 10.5. The summed E-state index contributed by atoms with van der Waals surface area (Å²) in [6.07, 6.45) is 4.99. The van der Waals surface area contributed by atoms with Gasteiger partial charge in [0, 0.05) is 42.1 Å². The van der Waals surface area contributed by atoms with E-state index in [0.29, 0.717) is 37.4 Å². The average molecular weight is 466 g/mol. The average Bonchev–Trinajstić information content (AvgIpc) is 3.23. The largest absolute Gasteiger partial charge is 0.399 e. The number of sulfonamides is 1. The summed E-state index contributed by atoms with van der Waals surface area (Å²) >= 11 is 0. The van der Waals surface area contributed by atoms with Gasteiger partial charge < -0.3 is 21.8 Å². The van der Waals surface area contributed by atoms with E-state index in [2.05, 4.69) is 22.9 Å². The Kier molecular flexibility index (Phi) is 6.11. The van der Waals surface area contributed by atoms with Gasteiger partial charge in [-0.1, -0.05) is 24.8 Å². The minimum Gasteiger partial charge on any atom is -0.399 e. The number of anilines is 2. The lowest BCUT2D eigenvalue weighted by Gasteiger charge is -2.23. The first kappa shape index (κ1) is 22.8. The topological polar surface area (TPSA) is 134 Å². The fourth-order valence-electron chi connectivity index (χ4n) is 4.14. The number of nitrogen functional groups attached to an aromatic ring is 1. The Morgan fingerprint density at radius 2 is 2.06 bits per heavy atom. The predicted octanol–water partition coefficient (Wildman–Crippen LogP) is 3.05. The Hall–Kier alpha value is -3.40. The van der Waals surface area contributed by atoms with Crippen LogP contribution in [-0.4, -0.2) is 43.0 Å². The van der Waals surface area contributed by atoms with Crippen LogP contribution in [0.4, 0.5) is 11.4 Å². The number of hydrogen-bond acceptors (Lipinski definition) is 5. The highest BCUT2D eigenvalue weighted by atomic mass is 32.2. The van der Waals surface area contributed by atoms with Crippen LogP contribution in [0.1, 0.15) is 17.7 Å². The number of H-pyrrole nitrogens is 1. The molecular formula is C24H27N5O3S. The van der Waals surface area contributed by atoms with Gasteiger partial charge in [0.25, 0.3) is 0 Å². The molecule has 172 valence electrons. The van der Waals surface area contributed by atoms with Crippen LogP contribution in [0, 0.1) is 0 Å². The summed E-state index contributed by atoms with van der Waals surface area (Å²) in [5.74, 6) is -0.313. The van der Waals surface area contributed by atoms with Gasteiger partial charge in [-0.25, -0.2) is 8.42 Å². The summed E-state index contributed by atoms with van der Waals surface area (Å²) in [5, 5.41) is 3.74. The lowest BCUT2D eigenvalue weighted by Crippen LogP contribution is -2.33. The zero-order valence-electron chi connectivity index (χ0n) is 18.4. The molecule has 0 aliphatic carbocycles. The number of aromatic nitrogens is 1. The summed E-state index contributed by atoms with van der Waals surface area (Å²) in [4.78, 5) is 15.3. The Bertz CT molecular complexity index is 1390. The quantitative estimate of drug-likeness (QED) is 0.328. The molecule has 0 atom stereocenters. The van der Waals surface area contributed by atoms with Crippen LogP contribution in [0.3, 0.4) is 0 Å². The van der Waals surface area contributed by atoms with Gasteiger partial charge in [0.15, 0.2) is 0 Å². The second-order valence-corrected chi connectivity index (χ2v) is 10.1. The van der Waals surface area contributed by atoms with Crippen LogP contribution in [0.2, 0.25) is 0 Å². The lowest BCUT2D eigenvalue weighted by molar-refractivity contribution is -0.111.